The largest absolute Gasteiger partial charge is 0.481 e. The normalized spacial score (nSPS) is 14.6. The number of piperazine rings is 1. The van der Waals surface area contributed by atoms with Crippen LogP contribution < -0.4 is 10.2 Å². The molecule has 1 heterocycles. The first-order valence-electron chi connectivity index (χ1n) is 15.0. The van der Waals surface area contributed by atoms with E-state index < -0.39 is 17.7 Å². The molecule has 0 radical (unpaired) electrons. The molecular formula is C35H41N3O6. The maximum absolute atomic E-state index is 13.3. The van der Waals surface area contributed by atoms with Crippen LogP contribution in [0.3, 0.4) is 0 Å². The number of nitrogens with one attached hydrogen (secondary N) is 1. The van der Waals surface area contributed by atoms with Gasteiger partial charge in [-0.25, -0.2) is 9.59 Å². The zero-order valence-electron chi connectivity index (χ0n) is 26.3. The highest BCUT2D eigenvalue weighted by Crippen LogP contribution is 2.44. The first-order chi connectivity index (χ1) is 20.9. The maximum Gasteiger partial charge on any atom is 0.411 e. The summed E-state index contributed by atoms with van der Waals surface area (Å²) in [4.78, 5) is 41.7. The summed E-state index contributed by atoms with van der Waals surface area (Å²) in [6, 6.07) is 16.3. The quantitative estimate of drug-likeness (QED) is 0.326. The molecule has 3 aromatic carbocycles. The lowest BCUT2D eigenvalue weighted by Gasteiger charge is -2.39. The monoisotopic (exact) mass is 599 g/mol. The second-order valence-electron chi connectivity index (χ2n) is 12.6. The minimum Gasteiger partial charge on any atom is -0.481 e. The van der Waals surface area contributed by atoms with Gasteiger partial charge in [-0.2, -0.15) is 0 Å². The van der Waals surface area contributed by atoms with Crippen molar-refractivity contribution in [2.24, 2.45) is 0 Å². The van der Waals surface area contributed by atoms with E-state index in [1.807, 2.05) is 65.8 Å². The number of carbonyl (C=O) groups is 3. The van der Waals surface area contributed by atoms with Crippen molar-refractivity contribution in [3.05, 3.63) is 81.9 Å². The molecular weight excluding hydrogens is 558 g/mol. The van der Waals surface area contributed by atoms with Crippen molar-refractivity contribution in [3.63, 3.8) is 0 Å². The summed E-state index contributed by atoms with van der Waals surface area (Å²) in [6.07, 6.45) is -1.12. The Bertz CT molecular complexity index is 1560. The number of fused-ring (bicyclic) bond motifs is 3. The third-order valence-electron chi connectivity index (χ3n) is 8.51. The fraction of sp³-hybridized carbons (Fsp3) is 0.400. The van der Waals surface area contributed by atoms with Crippen LogP contribution >= 0.6 is 0 Å². The molecule has 1 fully saturated rings. The Kier molecular flexibility index (Phi) is 8.59. The van der Waals surface area contributed by atoms with E-state index in [0.717, 1.165) is 39.1 Å². The van der Waals surface area contributed by atoms with Crippen molar-refractivity contribution in [3.8, 4) is 11.1 Å². The minimum absolute atomic E-state index is 0.0761. The van der Waals surface area contributed by atoms with E-state index in [2.05, 4.69) is 34.5 Å². The Morgan fingerprint density at radius 3 is 1.98 bits per heavy atom. The number of hydrogen-bond donors (Lipinski definition) is 2. The Labute approximate surface area is 258 Å². The number of aliphatic carboxylic acids is 1. The van der Waals surface area contributed by atoms with E-state index in [1.165, 1.54) is 0 Å². The van der Waals surface area contributed by atoms with Crippen molar-refractivity contribution < 1.29 is 29.0 Å². The fourth-order valence-electron chi connectivity index (χ4n) is 6.51. The maximum atomic E-state index is 13.3. The molecule has 0 bridgehead atoms. The zero-order valence-corrected chi connectivity index (χ0v) is 26.3. The molecule has 2 N–H and O–H groups in total. The van der Waals surface area contributed by atoms with Gasteiger partial charge in [-0.1, -0.05) is 48.5 Å². The molecule has 0 atom stereocenters. The van der Waals surface area contributed by atoms with Crippen LogP contribution in [-0.4, -0.2) is 66.5 Å². The van der Waals surface area contributed by atoms with Gasteiger partial charge in [0.25, 0.3) is 0 Å². The second-order valence-corrected chi connectivity index (χ2v) is 12.6. The zero-order chi connectivity index (χ0) is 31.8. The lowest BCUT2D eigenvalue weighted by atomic mass is 9.92. The average molecular weight is 600 g/mol. The third-order valence-corrected chi connectivity index (χ3v) is 8.51. The predicted octanol–water partition coefficient (Wildman–Crippen LogP) is 6.66. The van der Waals surface area contributed by atoms with Crippen molar-refractivity contribution in [2.45, 2.75) is 59.5 Å². The highest BCUT2D eigenvalue weighted by Gasteiger charge is 2.31. The number of carboxylic acid groups (broad SMARTS) is 1. The van der Waals surface area contributed by atoms with Crippen molar-refractivity contribution in [1.29, 1.82) is 0 Å². The smallest absolute Gasteiger partial charge is 0.411 e. The summed E-state index contributed by atoms with van der Waals surface area (Å²) < 4.78 is 11.4. The van der Waals surface area contributed by atoms with Gasteiger partial charge in [0.05, 0.1) is 12.1 Å². The van der Waals surface area contributed by atoms with E-state index in [9.17, 15) is 19.5 Å². The predicted molar refractivity (Wildman–Crippen MR) is 171 cm³/mol. The van der Waals surface area contributed by atoms with Crippen LogP contribution in [0.25, 0.3) is 11.1 Å². The lowest BCUT2D eigenvalue weighted by molar-refractivity contribution is -0.136. The lowest BCUT2D eigenvalue weighted by Crippen LogP contribution is -2.50. The second kappa shape index (κ2) is 12.2. The molecule has 44 heavy (non-hydrogen) atoms. The van der Waals surface area contributed by atoms with E-state index in [1.54, 1.807) is 4.90 Å². The van der Waals surface area contributed by atoms with Gasteiger partial charge in [0.15, 0.2) is 0 Å². The molecule has 9 heteroatoms. The number of anilines is 2. The number of hydrogen-bond acceptors (Lipinski definition) is 6. The summed E-state index contributed by atoms with van der Waals surface area (Å²) in [5, 5.41) is 12.7. The molecule has 1 aliphatic heterocycles. The molecule has 2 amide bonds. The topological polar surface area (TPSA) is 108 Å². The van der Waals surface area contributed by atoms with Crippen LogP contribution in [0.1, 0.15) is 60.1 Å². The van der Waals surface area contributed by atoms with Gasteiger partial charge in [0, 0.05) is 37.8 Å². The van der Waals surface area contributed by atoms with E-state index in [-0.39, 0.29) is 25.0 Å². The molecule has 9 nitrogen and oxygen atoms in total. The summed E-state index contributed by atoms with van der Waals surface area (Å²) in [5.74, 6) is -1.03. The molecule has 0 saturated carbocycles. The molecule has 3 aromatic rings. The highest BCUT2D eigenvalue weighted by atomic mass is 16.6. The standard InChI is InChI=1S/C35H41N3O6/c1-21-28(19-30(39)40)22(2)32(37-15-17-38(18-16-37)34(42)44-35(4,5)6)23(3)31(21)36-33(41)43-20-29-26-13-9-7-11-24(26)25-12-8-10-14-27(25)29/h7-14,29H,15-20H2,1-6H3,(H,36,41)(H,39,40). The van der Waals surface area contributed by atoms with Gasteiger partial charge >= 0.3 is 18.2 Å². The van der Waals surface area contributed by atoms with Crippen LogP contribution in [0.5, 0.6) is 0 Å². The number of amides is 2. The molecule has 5 rings (SSSR count). The van der Waals surface area contributed by atoms with Crippen LogP contribution in [-0.2, 0) is 20.7 Å². The number of carboxylic acids is 1. The first-order valence-corrected chi connectivity index (χ1v) is 15.0. The van der Waals surface area contributed by atoms with Gasteiger partial charge in [-0.15, -0.1) is 0 Å². The van der Waals surface area contributed by atoms with Crippen LogP contribution in [0.2, 0.25) is 0 Å². The number of carbonyl (C=O) groups excluding carboxylic acids is 2. The highest BCUT2D eigenvalue weighted by molar-refractivity contribution is 5.91. The number of nitrogens with zero attached hydrogens (tertiary/aromatic N) is 2. The van der Waals surface area contributed by atoms with Crippen LogP contribution in [0.4, 0.5) is 21.0 Å². The molecule has 232 valence electrons. The van der Waals surface area contributed by atoms with E-state index in [0.29, 0.717) is 43.0 Å². The van der Waals surface area contributed by atoms with Crippen LogP contribution in [0, 0.1) is 20.8 Å². The average Bonchev–Trinajstić information content (AvgIpc) is 3.29. The van der Waals surface area contributed by atoms with Crippen molar-refractivity contribution in [2.75, 3.05) is 43.0 Å². The Hall–Kier alpha value is -4.53. The fourth-order valence-corrected chi connectivity index (χ4v) is 6.51. The summed E-state index contributed by atoms with van der Waals surface area (Å²) in [7, 11) is 0. The number of rotatable bonds is 6. The summed E-state index contributed by atoms with van der Waals surface area (Å²) in [6.45, 7) is 13.4. The Morgan fingerprint density at radius 2 is 1.43 bits per heavy atom. The van der Waals surface area contributed by atoms with Crippen molar-refractivity contribution >= 4 is 29.5 Å². The summed E-state index contributed by atoms with van der Waals surface area (Å²) >= 11 is 0. The van der Waals surface area contributed by atoms with Crippen LogP contribution in [0.15, 0.2) is 48.5 Å². The third kappa shape index (κ3) is 6.23. The first kappa shape index (κ1) is 30.9. The Morgan fingerprint density at radius 1 is 0.864 bits per heavy atom. The van der Waals surface area contributed by atoms with Gasteiger partial charge < -0.3 is 24.4 Å². The molecule has 0 spiro atoms. The molecule has 1 saturated heterocycles. The van der Waals surface area contributed by atoms with Gasteiger partial charge in [-0.3, -0.25) is 10.1 Å². The van der Waals surface area contributed by atoms with E-state index >= 15 is 0 Å². The number of ether oxygens (including phenoxy) is 2. The molecule has 0 aromatic heterocycles. The van der Waals surface area contributed by atoms with Gasteiger partial charge in [0.1, 0.15) is 12.2 Å². The Balaban J connectivity index is 1.37. The SMILES string of the molecule is Cc1c(CC(=O)O)c(C)c(N2CCN(C(=O)OC(C)(C)C)CC2)c(C)c1NC(=O)OCC1c2ccccc2-c2ccccc21. The minimum atomic E-state index is -0.951. The molecule has 0 unspecified atom stereocenters. The summed E-state index contributed by atoms with van der Waals surface area (Å²) in [5.41, 5.74) is 8.42. The van der Waals surface area contributed by atoms with Gasteiger partial charge in [-0.05, 0) is 86.1 Å². The van der Waals surface area contributed by atoms with Crippen molar-refractivity contribution in [1.82, 2.24) is 4.90 Å². The molecule has 2 aliphatic rings. The van der Waals surface area contributed by atoms with Gasteiger partial charge in [0.2, 0.25) is 0 Å². The number of benzene rings is 3. The molecule has 1 aliphatic carbocycles. The van der Waals surface area contributed by atoms with E-state index in [4.69, 9.17) is 9.47 Å².